The number of amides is 1. The number of carbonyl (C=O) groups is 1. The molecule has 1 saturated carbocycles. The molecule has 9 heteroatoms. The first-order chi connectivity index (χ1) is 15.7. The van der Waals surface area contributed by atoms with Gasteiger partial charge in [-0.05, 0) is 37.3 Å². The Morgan fingerprint density at radius 1 is 1.19 bits per heavy atom. The number of carbonyl (C=O) groups excluding carboxylic acids is 1. The van der Waals surface area contributed by atoms with Crippen LogP contribution in [0, 0.1) is 5.92 Å². The Kier molecular flexibility index (Phi) is 6.07. The van der Waals surface area contributed by atoms with E-state index in [1.54, 1.807) is 23.1 Å². The first-order valence-corrected chi connectivity index (χ1v) is 11.4. The van der Waals surface area contributed by atoms with Crippen molar-refractivity contribution in [2.24, 2.45) is 5.92 Å². The van der Waals surface area contributed by atoms with Gasteiger partial charge in [0, 0.05) is 26.1 Å². The van der Waals surface area contributed by atoms with Crippen molar-refractivity contribution >= 4 is 17.0 Å². The number of aromatic nitrogens is 3. The number of ether oxygens (including phenoxy) is 1. The number of para-hydroxylation sites is 2. The molecule has 3 heterocycles. The first-order valence-electron chi connectivity index (χ1n) is 11.4. The van der Waals surface area contributed by atoms with E-state index in [0.717, 1.165) is 13.0 Å². The van der Waals surface area contributed by atoms with E-state index in [1.165, 1.54) is 30.3 Å². The summed E-state index contributed by atoms with van der Waals surface area (Å²) in [5, 5.41) is 4.08. The van der Waals surface area contributed by atoms with E-state index in [9.17, 15) is 9.59 Å². The zero-order valence-corrected chi connectivity index (χ0v) is 18.1. The van der Waals surface area contributed by atoms with Gasteiger partial charge in [-0.2, -0.15) is 4.98 Å². The minimum absolute atomic E-state index is 0.0115. The van der Waals surface area contributed by atoms with Gasteiger partial charge in [0.2, 0.25) is 11.8 Å². The summed E-state index contributed by atoms with van der Waals surface area (Å²) < 4.78 is 17.8. The molecule has 1 unspecified atom stereocenters. The third-order valence-electron chi connectivity index (χ3n) is 6.54. The second-order valence-electron chi connectivity index (χ2n) is 8.77. The van der Waals surface area contributed by atoms with Crippen molar-refractivity contribution in [2.75, 3.05) is 26.3 Å². The molecule has 3 aromatic rings. The molecule has 1 saturated heterocycles. The zero-order valence-electron chi connectivity index (χ0n) is 18.1. The van der Waals surface area contributed by atoms with E-state index in [2.05, 4.69) is 10.1 Å². The Hall–Kier alpha value is -2.94. The van der Waals surface area contributed by atoms with E-state index >= 15 is 0 Å². The standard InChI is InChI=1S/C23H28N4O5/c28-21(14-27-18-7-3-4-8-19(18)31-23(27)29)26-11-9-17(13-26)22-24-20(25-32-22)10-12-30-15-16-5-1-2-6-16/h3-4,7-8,16-17H,1-2,5-6,9-15H2. The molecule has 1 amide bonds. The van der Waals surface area contributed by atoms with Crippen LogP contribution in [0.25, 0.3) is 11.1 Å². The molecule has 1 atom stereocenters. The average Bonchev–Trinajstić information content (AvgIpc) is 3.58. The van der Waals surface area contributed by atoms with Crippen molar-refractivity contribution < 1.29 is 18.5 Å². The highest BCUT2D eigenvalue weighted by molar-refractivity contribution is 5.79. The second kappa shape index (κ2) is 9.28. The number of benzene rings is 1. The summed E-state index contributed by atoms with van der Waals surface area (Å²) in [7, 11) is 0. The summed E-state index contributed by atoms with van der Waals surface area (Å²) in [6, 6.07) is 7.11. The number of fused-ring (bicyclic) bond motifs is 1. The van der Waals surface area contributed by atoms with Gasteiger partial charge >= 0.3 is 5.76 Å². The van der Waals surface area contributed by atoms with Gasteiger partial charge in [-0.1, -0.05) is 30.1 Å². The van der Waals surface area contributed by atoms with Crippen LogP contribution in [0.3, 0.4) is 0 Å². The Balaban J connectivity index is 1.13. The molecule has 0 radical (unpaired) electrons. The predicted molar refractivity (Wildman–Crippen MR) is 115 cm³/mol. The predicted octanol–water partition coefficient (Wildman–Crippen LogP) is 2.74. The fraction of sp³-hybridized carbons (Fsp3) is 0.565. The SMILES string of the molecule is O=C(Cn1c(=O)oc2ccccc21)N1CCC(c2nc(CCOCC3CCCC3)no2)C1. The van der Waals surface area contributed by atoms with E-state index in [1.807, 2.05) is 6.07 Å². The molecule has 0 bridgehead atoms. The van der Waals surface area contributed by atoms with Crippen LogP contribution in [-0.2, 0) is 22.5 Å². The lowest BCUT2D eigenvalue weighted by molar-refractivity contribution is -0.130. The summed E-state index contributed by atoms with van der Waals surface area (Å²) in [4.78, 5) is 31.2. The van der Waals surface area contributed by atoms with Crippen molar-refractivity contribution in [3.8, 4) is 0 Å². The van der Waals surface area contributed by atoms with Gasteiger partial charge in [-0.3, -0.25) is 9.36 Å². The smallest absolute Gasteiger partial charge is 0.408 e. The highest BCUT2D eigenvalue weighted by Crippen LogP contribution is 2.27. The van der Waals surface area contributed by atoms with Crippen LogP contribution >= 0.6 is 0 Å². The van der Waals surface area contributed by atoms with E-state index in [4.69, 9.17) is 13.7 Å². The summed E-state index contributed by atoms with van der Waals surface area (Å²) in [5.41, 5.74) is 1.11. The zero-order chi connectivity index (χ0) is 21.9. The molecule has 32 heavy (non-hydrogen) atoms. The van der Waals surface area contributed by atoms with Gasteiger partial charge in [0.05, 0.1) is 18.0 Å². The summed E-state index contributed by atoms with van der Waals surface area (Å²) in [5.74, 6) is 1.28. The van der Waals surface area contributed by atoms with Crippen LogP contribution in [0.2, 0.25) is 0 Å². The molecule has 2 fully saturated rings. The molecule has 2 aliphatic rings. The molecule has 1 aliphatic heterocycles. The summed E-state index contributed by atoms with van der Waals surface area (Å²) in [6.45, 7) is 2.47. The minimum atomic E-state index is -0.521. The Morgan fingerprint density at radius 2 is 2.03 bits per heavy atom. The minimum Gasteiger partial charge on any atom is -0.408 e. The lowest BCUT2D eigenvalue weighted by Crippen LogP contribution is -2.34. The van der Waals surface area contributed by atoms with Crippen LogP contribution in [0.1, 0.15) is 49.7 Å². The van der Waals surface area contributed by atoms with E-state index in [-0.39, 0.29) is 18.4 Å². The van der Waals surface area contributed by atoms with Gasteiger partial charge in [0.25, 0.3) is 0 Å². The van der Waals surface area contributed by atoms with Gasteiger partial charge in [0.1, 0.15) is 6.54 Å². The van der Waals surface area contributed by atoms with Crippen LogP contribution in [-0.4, -0.2) is 51.8 Å². The number of oxazole rings is 1. The van der Waals surface area contributed by atoms with Crippen molar-refractivity contribution in [2.45, 2.75) is 51.0 Å². The number of hydrogen-bond acceptors (Lipinski definition) is 7. The highest BCUT2D eigenvalue weighted by Gasteiger charge is 2.31. The molecule has 9 nitrogen and oxygen atoms in total. The van der Waals surface area contributed by atoms with Crippen LogP contribution in [0.5, 0.6) is 0 Å². The molecule has 5 rings (SSSR count). The number of hydrogen-bond donors (Lipinski definition) is 0. The van der Waals surface area contributed by atoms with Crippen LogP contribution < -0.4 is 5.76 Å². The Bertz CT molecular complexity index is 1130. The van der Waals surface area contributed by atoms with Crippen molar-refractivity contribution in [1.82, 2.24) is 19.6 Å². The van der Waals surface area contributed by atoms with Gasteiger partial charge in [0.15, 0.2) is 11.4 Å². The van der Waals surface area contributed by atoms with Gasteiger partial charge < -0.3 is 18.6 Å². The number of rotatable bonds is 8. The molecule has 1 aromatic carbocycles. The molecular weight excluding hydrogens is 412 g/mol. The molecule has 170 valence electrons. The average molecular weight is 441 g/mol. The quantitative estimate of drug-likeness (QED) is 0.496. The third-order valence-corrected chi connectivity index (χ3v) is 6.54. The lowest BCUT2D eigenvalue weighted by atomic mass is 10.1. The maximum absolute atomic E-state index is 12.8. The Morgan fingerprint density at radius 3 is 2.91 bits per heavy atom. The van der Waals surface area contributed by atoms with E-state index < -0.39 is 5.76 Å². The van der Waals surface area contributed by atoms with Crippen molar-refractivity contribution in [3.05, 3.63) is 46.5 Å². The first kappa shape index (κ1) is 20.9. The van der Waals surface area contributed by atoms with E-state index in [0.29, 0.717) is 54.8 Å². The highest BCUT2D eigenvalue weighted by atomic mass is 16.5. The topological polar surface area (TPSA) is 104 Å². The molecule has 2 aromatic heterocycles. The largest absolute Gasteiger partial charge is 0.420 e. The summed E-state index contributed by atoms with van der Waals surface area (Å²) >= 11 is 0. The van der Waals surface area contributed by atoms with Gasteiger partial charge in [-0.15, -0.1) is 0 Å². The Labute approximate surface area is 185 Å². The number of likely N-dealkylation sites (tertiary alicyclic amines) is 1. The maximum atomic E-state index is 12.8. The van der Waals surface area contributed by atoms with Crippen molar-refractivity contribution in [1.29, 1.82) is 0 Å². The fourth-order valence-corrected chi connectivity index (χ4v) is 4.71. The third kappa shape index (κ3) is 4.48. The fourth-order valence-electron chi connectivity index (χ4n) is 4.71. The van der Waals surface area contributed by atoms with Gasteiger partial charge in [-0.25, -0.2) is 4.79 Å². The second-order valence-corrected chi connectivity index (χ2v) is 8.77. The van der Waals surface area contributed by atoms with Crippen LogP contribution in [0.15, 0.2) is 38.0 Å². The normalized spacial score (nSPS) is 19.4. The lowest BCUT2D eigenvalue weighted by Gasteiger charge is -2.15. The monoisotopic (exact) mass is 440 g/mol. The maximum Gasteiger partial charge on any atom is 0.420 e. The number of nitrogens with zero attached hydrogens (tertiary/aromatic N) is 4. The molecule has 1 aliphatic carbocycles. The molecule has 0 N–H and O–H groups in total. The van der Waals surface area contributed by atoms with Crippen LogP contribution in [0.4, 0.5) is 0 Å². The molecular formula is C23H28N4O5. The molecule has 0 spiro atoms. The summed E-state index contributed by atoms with van der Waals surface area (Å²) in [6.07, 6.45) is 6.56. The van der Waals surface area contributed by atoms with Crippen molar-refractivity contribution in [3.63, 3.8) is 0 Å².